The van der Waals surface area contributed by atoms with E-state index in [1.54, 1.807) is 0 Å². The van der Waals surface area contributed by atoms with Gasteiger partial charge in [0.1, 0.15) is 5.76 Å². The third-order valence-electron chi connectivity index (χ3n) is 6.74. The van der Waals surface area contributed by atoms with Crippen LogP contribution in [0.3, 0.4) is 0 Å². The maximum atomic E-state index is 13.8. The molecule has 2 aromatic carbocycles. The topological polar surface area (TPSA) is 142 Å². The van der Waals surface area contributed by atoms with Crippen molar-refractivity contribution in [2.75, 3.05) is 11.9 Å². The molecule has 1 aliphatic carbocycles. The number of aromatic nitrogens is 1. The number of aliphatic hydroxyl groups excluding tert-OH is 1. The van der Waals surface area contributed by atoms with Crippen LogP contribution in [0.4, 0.5) is 5.69 Å². The number of Topliss-reactive ketones (excluding diaryl/α,β-unsaturated/α-hetero) is 1. The number of benzene rings is 2. The number of aliphatic hydroxyl groups is 1. The molecular weight excluding hydrogens is 792 g/mol. The van der Waals surface area contributed by atoms with Crippen molar-refractivity contribution in [1.82, 2.24) is 4.98 Å². The lowest BCUT2D eigenvalue weighted by atomic mass is 10.0. The minimum Gasteiger partial charge on any atom is -0.507 e. The fraction of sp³-hybridized carbons (Fsp3) is 0.0714. The van der Waals surface area contributed by atoms with Gasteiger partial charge in [0, 0.05) is 34.7 Å². The molecule has 240 valence electrons. The van der Waals surface area contributed by atoms with E-state index in [0.29, 0.717) is 0 Å². The second-order valence-corrected chi connectivity index (χ2v) is 13.7. The number of ketones is 1. The van der Waals surface area contributed by atoms with Crippen LogP contribution in [-0.4, -0.2) is 48.1 Å². The van der Waals surface area contributed by atoms with E-state index in [0.717, 1.165) is 22.6 Å². The number of carbonyl (C=O) groups excluding carboxylic acids is 3. The Kier molecular flexibility index (Phi) is 10.8. The molecule has 3 aromatic rings. The van der Waals surface area contributed by atoms with E-state index >= 15 is 0 Å². The maximum Gasteiger partial charge on any atom is 0.294 e. The Bertz CT molecular complexity index is 2160. The van der Waals surface area contributed by atoms with E-state index in [1.807, 2.05) is 0 Å². The van der Waals surface area contributed by atoms with Gasteiger partial charge in [-0.1, -0.05) is 98.9 Å². The van der Waals surface area contributed by atoms with Gasteiger partial charge >= 0.3 is 0 Å². The number of carbonyl (C=O) groups is 3. The molecule has 1 amide bonds. The fourth-order valence-corrected chi connectivity index (χ4v) is 6.77. The lowest BCUT2D eigenvalue weighted by Crippen LogP contribution is -2.28. The van der Waals surface area contributed by atoms with Crippen molar-refractivity contribution in [3.8, 4) is 0 Å². The van der Waals surface area contributed by atoms with E-state index in [-0.39, 0.29) is 75.5 Å². The first-order valence-corrected chi connectivity index (χ1v) is 16.6. The van der Waals surface area contributed by atoms with E-state index in [1.165, 1.54) is 26.1 Å². The average molecular weight is 806 g/mol. The van der Waals surface area contributed by atoms with Gasteiger partial charge in [-0.15, -0.1) is 0 Å². The van der Waals surface area contributed by atoms with Gasteiger partial charge in [0.15, 0.2) is 6.29 Å². The molecule has 1 aliphatic rings. The van der Waals surface area contributed by atoms with Crippen LogP contribution < -0.4 is 4.90 Å². The zero-order valence-corrected chi connectivity index (χ0v) is 29.6. The summed E-state index contributed by atoms with van der Waals surface area (Å²) in [5.74, 6) is -2.31. The summed E-state index contributed by atoms with van der Waals surface area (Å²) in [6, 6.07) is 4.58. The van der Waals surface area contributed by atoms with Crippen LogP contribution >= 0.6 is 92.8 Å². The van der Waals surface area contributed by atoms with Crippen molar-refractivity contribution in [3.63, 3.8) is 0 Å². The third-order valence-corrected chi connectivity index (χ3v) is 11.0. The highest BCUT2D eigenvalue weighted by Crippen LogP contribution is 2.44. The first-order chi connectivity index (χ1) is 21.4. The second-order valence-electron chi connectivity index (χ2n) is 9.35. The summed E-state index contributed by atoms with van der Waals surface area (Å²) in [5.41, 5.74) is -0.901. The molecule has 1 aromatic heterocycles. The second kappa shape index (κ2) is 13.6. The molecule has 1 heterocycles. The number of anilines is 1. The average Bonchev–Trinajstić information content (AvgIpc) is 3.25. The summed E-state index contributed by atoms with van der Waals surface area (Å²) >= 11 is 48.7. The minimum atomic E-state index is -4.84. The predicted molar refractivity (Wildman–Crippen MR) is 182 cm³/mol. The Morgan fingerprint density at radius 2 is 1.61 bits per heavy atom. The zero-order chi connectivity index (χ0) is 34.6. The Labute approximate surface area is 300 Å². The highest BCUT2D eigenvalue weighted by atomic mass is 35.5. The Hall–Kier alpha value is -2.35. The third kappa shape index (κ3) is 6.28. The summed E-state index contributed by atoms with van der Waals surface area (Å²) < 4.78 is 34.2. The molecule has 0 unspecified atom stereocenters. The molecule has 0 aliphatic heterocycles. The van der Waals surface area contributed by atoms with Crippen molar-refractivity contribution in [3.05, 3.63) is 98.7 Å². The fourth-order valence-electron chi connectivity index (χ4n) is 4.45. The first-order valence-electron chi connectivity index (χ1n) is 12.1. The van der Waals surface area contributed by atoms with Crippen molar-refractivity contribution in [1.29, 1.82) is 0 Å². The number of fused-ring (bicyclic) bond motifs is 1. The number of rotatable bonds is 7. The largest absolute Gasteiger partial charge is 0.507 e. The van der Waals surface area contributed by atoms with Gasteiger partial charge in [-0.3, -0.25) is 18.9 Å². The molecule has 46 heavy (non-hydrogen) atoms. The molecule has 9 nitrogen and oxygen atoms in total. The van der Waals surface area contributed by atoms with Crippen LogP contribution in [0.15, 0.2) is 66.7 Å². The molecule has 0 saturated carbocycles. The number of hydrogen-bond acceptors (Lipinski definition) is 7. The van der Waals surface area contributed by atoms with Crippen LogP contribution in [0.5, 0.6) is 0 Å². The maximum absolute atomic E-state index is 13.8. The van der Waals surface area contributed by atoms with E-state index in [9.17, 15) is 32.5 Å². The van der Waals surface area contributed by atoms with Crippen LogP contribution in [0.1, 0.15) is 33.3 Å². The summed E-state index contributed by atoms with van der Waals surface area (Å²) in [7, 11) is -3.66. The van der Waals surface area contributed by atoms with Gasteiger partial charge in [0.25, 0.3) is 16.0 Å². The highest BCUT2D eigenvalue weighted by molar-refractivity contribution is 7.85. The number of pyridine rings is 1. The van der Waals surface area contributed by atoms with Crippen molar-refractivity contribution < 1.29 is 32.5 Å². The summed E-state index contributed by atoms with van der Waals surface area (Å²) in [5, 5.41) is 8.90. The number of nitrogens with zero attached hydrogens (tertiary/aromatic N) is 2. The highest BCUT2D eigenvalue weighted by Gasteiger charge is 2.35. The van der Waals surface area contributed by atoms with E-state index in [2.05, 4.69) is 4.98 Å². The molecule has 2 N–H and O–H groups in total. The normalized spacial score (nSPS) is 14.8. The molecule has 0 fully saturated rings. The van der Waals surface area contributed by atoms with Crippen molar-refractivity contribution >= 4 is 143 Å². The lowest BCUT2D eigenvalue weighted by molar-refractivity contribution is -0.110. The zero-order valence-electron chi connectivity index (χ0n) is 22.7. The number of aldehydes is 1. The number of hydrogen-bond donors (Lipinski definition) is 2. The molecule has 0 atom stereocenters. The molecule has 0 saturated heterocycles. The molecule has 0 spiro atoms. The molecule has 0 bridgehead atoms. The molecule has 0 radical (unpaired) electrons. The summed E-state index contributed by atoms with van der Waals surface area (Å²) in [4.78, 5) is 44.0. The predicted octanol–water partition coefficient (Wildman–Crippen LogP) is 9.36. The van der Waals surface area contributed by atoms with E-state index < -0.39 is 48.6 Å². The van der Waals surface area contributed by atoms with Crippen LogP contribution in [0, 0.1) is 0 Å². The lowest BCUT2D eigenvalue weighted by Gasteiger charge is -2.22. The standard InChI is InChI=1S/C28H14Cl8N2O7S/c1-9-16(21(33)20(32)13(30)7-29)27(41)18(26(9)40)14-4-3-10-5-11(46(43,44)45)6-15(25(10)37-14)38(2)28(42)17-12(8-39)19(31)23(35)24(36)22(17)34/h3-8,40H,1-2H3,(H,43,44,45)/b13-7-,21-20-. The minimum absolute atomic E-state index is 0.0332. The van der Waals surface area contributed by atoms with E-state index in [4.69, 9.17) is 92.8 Å². The molecule has 18 heteroatoms. The SMILES string of the molecule is CC1=C(/C(Cl)=C(Cl)\C(Cl)=C\Cl)C(=O)C(c2ccc3cc(S(=O)(=O)O)cc(N(C)C(=O)c4c(Cl)c(Cl)c(Cl)c(Cl)c4C=O)c3n2)=C1O. The molecule has 4 rings (SSSR count). The van der Waals surface area contributed by atoms with Crippen LogP contribution in [0.25, 0.3) is 16.5 Å². The van der Waals surface area contributed by atoms with Gasteiger partial charge in [-0.2, -0.15) is 8.42 Å². The Morgan fingerprint density at radius 1 is 1.00 bits per heavy atom. The van der Waals surface area contributed by atoms with Crippen molar-refractivity contribution in [2.45, 2.75) is 11.8 Å². The van der Waals surface area contributed by atoms with Crippen LogP contribution in [-0.2, 0) is 14.9 Å². The van der Waals surface area contributed by atoms with Gasteiger partial charge < -0.3 is 10.0 Å². The number of allylic oxidation sites excluding steroid dienone is 6. The van der Waals surface area contributed by atoms with Crippen molar-refractivity contribution in [2.24, 2.45) is 0 Å². The summed E-state index contributed by atoms with van der Waals surface area (Å²) in [6.07, 6.45) is 0.233. The van der Waals surface area contributed by atoms with Gasteiger partial charge in [0.05, 0.1) is 68.1 Å². The summed E-state index contributed by atoms with van der Waals surface area (Å²) in [6.45, 7) is 1.40. The number of amides is 1. The number of halogens is 8. The first kappa shape index (κ1) is 36.5. The Balaban J connectivity index is 1.97. The van der Waals surface area contributed by atoms with Crippen LogP contribution in [0.2, 0.25) is 20.1 Å². The Morgan fingerprint density at radius 3 is 2.17 bits per heavy atom. The van der Waals surface area contributed by atoms with Gasteiger partial charge in [-0.05, 0) is 25.1 Å². The quantitative estimate of drug-likeness (QED) is 0.0791. The van der Waals surface area contributed by atoms with Gasteiger partial charge in [-0.25, -0.2) is 4.98 Å². The smallest absolute Gasteiger partial charge is 0.294 e. The van der Waals surface area contributed by atoms with Gasteiger partial charge in [0.2, 0.25) is 5.78 Å². The molecular formula is C28H14Cl8N2O7S. The monoisotopic (exact) mass is 802 g/mol.